The van der Waals surface area contributed by atoms with E-state index in [9.17, 15) is 18.0 Å². The van der Waals surface area contributed by atoms with Crippen molar-refractivity contribution in [3.63, 3.8) is 0 Å². The van der Waals surface area contributed by atoms with E-state index in [1.807, 2.05) is 18.2 Å². The van der Waals surface area contributed by atoms with E-state index >= 15 is 0 Å². The van der Waals surface area contributed by atoms with Gasteiger partial charge in [0.1, 0.15) is 0 Å². The Balaban J connectivity index is 0.000000262. The average molecular weight is 332 g/mol. The van der Waals surface area contributed by atoms with Crippen molar-refractivity contribution in [3.8, 4) is 0 Å². The lowest BCUT2D eigenvalue weighted by Crippen LogP contribution is -2.21. The maximum absolute atomic E-state index is 11.0. The van der Waals surface area contributed by atoms with Crippen LogP contribution in [0.3, 0.4) is 0 Å². The molecule has 84 valence electrons. The van der Waals surface area contributed by atoms with Crippen LogP contribution in [0.4, 0.5) is 13.2 Å². The molecule has 0 saturated carbocycles. The molecule has 0 aliphatic heterocycles. The number of aryl methyl sites for hydroxylation is 1. The third kappa shape index (κ3) is 7.18. The number of rotatable bonds is 0. The van der Waals surface area contributed by atoms with Crippen LogP contribution in [-0.2, 0) is 7.86 Å². The molecule has 0 fully saturated rings. The number of carbonyl (C=O) groups is 1. The molecular weight excluding hydrogens is 324 g/mol. The van der Waals surface area contributed by atoms with Crippen LogP contribution in [0.15, 0.2) is 30.3 Å². The third-order valence-corrected chi connectivity index (χ3v) is 1.64. The molecule has 1 rings (SSSR count). The molecule has 0 amide bonds. The number of hydrogen-bond acceptors (Lipinski definition) is 2. The average Bonchev–Trinajstić information content (AvgIpc) is 2.17. The van der Waals surface area contributed by atoms with Crippen LogP contribution in [0.25, 0.3) is 0 Å². The first-order valence-electron chi connectivity index (χ1n) is 3.79. The van der Waals surface area contributed by atoms with Crippen molar-refractivity contribution >= 4 is 29.0 Å². The number of alkyl halides is 3. The minimum Gasteiger partial charge on any atom is -0.388 e. The summed E-state index contributed by atoms with van der Waals surface area (Å²) in [5.41, 5.74) is 1.32. The Morgan fingerprint density at radius 1 is 1.27 bits per heavy atom. The third-order valence-electron chi connectivity index (χ3n) is 1.24. The molecule has 2 nitrogen and oxygen atoms in total. The highest BCUT2D eigenvalue weighted by molar-refractivity contribution is 14.1. The van der Waals surface area contributed by atoms with Gasteiger partial charge in [0.05, 0.1) is 0 Å². The molecule has 0 aliphatic rings. The molecule has 0 aliphatic carbocycles. The van der Waals surface area contributed by atoms with E-state index in [4.69, 9.17) is 0 Å². The Morgan fingerprint density at radius 3 is 1.87 bits per heavy atom. The fraction of sp³-hybridized carbons (Fsp3) is 0.222. The zero-order valence-electron chi connectivity index (χ0n) is 7.72. The summed E-state index contributed by atoms with van der Waals surface area (Å²) in [5.74, 6) is -2.18. The van der Waals surface area contributed by atoms with Crippen molar-refractivity contribution in [1.82, 2.24) is 0 Å². The van der Waals surface area contributed by atoms with Crippen LogP contribution < -0.4 is 0 Å². The molecule has 0 unspecified atom stereocenters. The molecule has 0 aromatic heterocycles. The lowest BCUT2D eigenvalue weighted by atomic mass is 10.2. The van der Waals surface area contributed by atoms with Crippen molar-refractivity contribution in [2.45, 2.75) is 13.1 Å². The minimum absolute atomic E-state index is 0.869. The maximum atomic E-state index is 11.0. The van der Waals surface area contributed by atoms with E-state index < -0.39 is 12.1 Å². The monoisotopic (exact) mass is 332 g/mol. The van der Waals surface area contributed by atoms with Crippen LogP contribution in [0.1, 0.15) is 5.56 Å². The van der Waals surface area contributed by atoms with Gasteiger partial charge in [-0.25, -0.2) is 4.79 Å². The van der Waals surface area contributed by atoms with E-state index in [0.29, 0.717) is 0 Å². The molecule has 0 heterocycles. The van der Waals surface area contributed by atoms with Gasteiger partial charge in [0.25, 0.3) is 0 Å². The molecule has 1 aromatic rings. The van der Waals surface area contributed by atoms with Crippen molar-refractivity contribution in [3.05, 3.63) is 35.9 Å². The summed E-state index contributed by atoms with van der Waals surface area (Å²) in [6, 6.07) is 10.3. The number of hydrogen-bond donors (Lipinski definition) is 0. The van der Waals surface area contributed by atoms with Gasteiger partial charge >= 0.3 is 12.1 Å². The summed E-state index contributed by atoms with van der Waals surface area (Å²) in [6.07, 6.45) is -4.86. The van der Waals surface area contributed by atoms with E-state index in [0.717, 1.165) is 23.0 Å². The normalized spacial score (nSPS) is 9.93. The molecule has 0 atom stereocenters. The first kappa shape index (κ1) is 14.2. The van der Waals surface area contributed by atoms with Crippen LogP contribution in [0.2, 0.25) is 0 Å². The van der Waals surface area contributed by atoms with E-state index in [-0.39, 0.29) is 0 Å². The quantitative estimate of drug-likeness (QED) is 0.681. The SMILES string of the molecule is Cc1ccccc1.O=C(OI)C(F)(F)F. The molecule has 0 spiro atoms. The summed E-state index contributed by atoms with van der Waals surface area (Å²) < 4.78 is 36.2. The fourth-order valence-electron chi connectivity index (χ4n) is 0.578. The van der Waals surface area contributed by atoms with Gasteiger partial charge in [-0.3, -0.25) is 0 Å². The smallest absolute Gasteiger partial charge is 0.388 e. The topological polar surface area (TPSA) is 26.3 Å². The van der Waals surface area contributed by atoms with Crippen molar-refractivity contribution in [2.75, 3.05) is 0 Å². The Bertz CT molecular complexity index is 298. The highest BCUT2D eigenvalue weighted by Crippen LogP contribution is 2.17. The zero-order chi connectivity index (χ0) is 11.9. The van der Waals surface area contributed by atoms with Crippen LogP contribution in [-0.4, -0.2) is 12.1 Å². The van der Waals surface area contributed by atoms with Gasteiger partial charge in [-0.05, 0) is 6.92 Å². The van der Waals surface area contributed by atoms with E-state index in [2.05, 4.69) is 22.1 Å². The molecule has 15 heavy (non-hydrogen) atoms. The minimum atomic E-state index is -4.86. The molecule has 0 N–H and O–H groups in total. The standard InChI is InChI=1S/C7H8.C2F3IO2/c1-7-5-3-2-4-6-7;3-2(4,5)1(7)8-6/h2-6H,1H3;. The van der Waals surface area contributed by atoms with Gasteiger partial charge in [0, 0.05) is 0 Å². The summed E-state index contributed by atoms with van der Waals surface area (Å²) in [5, 5.41) is 0. The molecule has 6 heteroatoms. The number of halogens is 4. The summed E-state index contributed by atoms with van der Waals surface area (Å²) in [6.45, 7) is 2.08. The van der Waals surface area contributed by atoms with Gasteiger partial charge in [-0.1, -0.05) is 35.9 Å². The second-order valence-corrected chi connectivity index (χ2v) is 2.96. The first-order chi connectivity index (χ1) is 6.88. The molecular formula is C9H8F3IO2. The second kappa shape index (κ2) is 6.65. The Kier molecular flexibility index (Phi) is 6.30. The van der Waals surface area contributed by atoms with Crippen molar-refractivity contribution in [2.24, 2.45) is 0 Å². The lowest BCUT2D eigenvalue weighted by Gasteiger charge is -1.98. The first-order valence-corrected chi connectivity index (χ1v) is 4.67. The predicted molar refractivity (Wildman–Crippen MR) is 57.3 cm³/mol. The molecule has 0 saturated heterocycles. The van der Waals surface area contributed by atoms with E-state index in [1.165, 1.54) is 5.56 Å². The highest BCUT2D eigenvalue weighted by Gasteiger charge is 2.40. The van der Waals surface area contributed by atoms with E-state index in [1.54, 1.807) is 0 Å². The zero-order valence-corrected chi connectivity index (χ0v) is 9.87. The van der Waals surface area contributed by atoms with Gasteiger partial charge < -0.3 is 3.07 Å². The largest absolute Gasteiger partial charge is 0.491 e. The summed E-state index contributed by atoms with van der Waals surface area (Å²) in [7, 11) is 0. The Labute approximate surface area is 99.1 Å². The van der Waals surface area contributed by atoms with Gasteiger partial charge in [-0.15, -0.1) is 0 Å². The van der Waals surface area contributed by atoms with Gasteiger partial charge in [0.15, 0.2) is 23.0 Å². The summed E-state index contributed by atoms with van der Waals surface area (Å²) >= 11 is 0.869. The van der Waals surface area contributed by atoms with Crippen LogP contribution in [0.5, 0.6) is 0 Å². The molecule has 0 radical (unpaired) electrons. The van der Waals surface area contributed by atoms with Crippen LogP contribution >= 0.6 is 23.0 Å². The lowest BCUT2D eigenvalue weighted by molar-refractivity contribution is -0.186. The molecule has 1 aromatic carbocycles. The van der Waals surface area contributed by atoms with Gasteiger partial charge in [-0.2, -0.15) is 13.2 Å². The maximum Gasteiger partial charge on any atom is 0.491 e. The summed E-state index contributed by atoms with van der Waals surface area (Å²) in [4.78, 5) is 9.48. The van der Waals surface area contributed by atoms with Crippen molar-refractivity contribution in [1.29, 1.82) is 0 Å². The molecule has 0 bridgehead atoms. The number of benzene rings is 1. The predicted octanol–water partition coefficient (Wildman–Crippen LogP) is 3.44. The van der Waals surface area contributed by atoms with Gasteiger partial charge in [0.2, 0.25) is 0 Å². The Morgan fingerprint density at radius 2 is 1.73 bits per heavy atom. The van der Waals surface area contributed by atoms with Crippen LogP contribution in [0, 0.1) is 6.92 Å². The van der Waals surface area contributed by atoms with Crippen molar-refractivity contribution < 1.29 is 21.0 Å². The Hall–Kier alpha value is -0.790. The highest BCUT2D eigenvalue weighted by atomic mass is 127. The fourth-order valence-corrected chi connectivity index (χ4v) is 0.828. The number of carbonyl (C=O) groups excluding carboxylic acids is 1. The second-order valence-electron chi connectivity index (χ2n) is 2.52.